The fourth-order valence-electron chi connectivity index (χ4n) is 1.65. The van der Waals surface area contributed by atoms with Crippen molar-refractivity contribution in [2.24, 2.45) is 0 Å². The van der Waals surface area contributed by atoms with E-state index in [-0.39, 0.29) is 0 Å². The van der Waals surface area contributed by atoms with Crippen molar-refractivity contribution in [3.05, 3.63) is 69.7 Å². The molecule has 0 fully saturated rings. The number of rotatable bonds is 3. The van der Waals surface area contributed by atoms with Crippen LogP contribution < -0.4 is 0 Å². The van der Waals surface area contributed by atoms with E-state index in [1.807, 2.05) is 18.2 Å². The summed E-state index contributed by atoms with van der Waals surface area (Å²) in [7, 11) is 0. The molecule has 4 nitrogen and oxygen atoms in total. The number of isocyanates is 2. The van der Waals surface area contributed by atoms with Crippen molar-refractivity contribution in [1.82, 2.24) is 0 Å². The van der Waals surface area contributed by atoms with Gasteiger partial charge in [-0.05, 0) is 36.1 Å². The van der Waals surface area contributed by atoms with E-state index in [9.17, 15) is 0 Å². The summed E-state index contributed by atoms with van der Waals surface area (Å²) >= 11 is 12.0. The lowest BCUT2D eigenvalue weighted by Crippen LogP contribution is -1.91. The molecule has 0 saturated heterocycles. The molecule has 0 radical (unpaired) electrons. The van der Waals surface area contributed by atoms with Crippen molar-refractivity contribution in [2.75, 3.05) is 0 Å². The Bertz CT molecular complexity index is 622. The van der Waals surface area contributed by atoms with Gasteiger partial charge >= 0.3 is 0 Å². The maximum Gasteiger partial charge on any atom is 0.231 e. The summed E-state index contributed by atoms with van der Waals surface area (Å²) in [6.07, 6.45) is 3.45. The van der Waals surface area contributed by atoms with Gasteiger partial charge in [-0.3, -0.25) is 0 Å². The number of halogens is 2. The number of carbonyl (C=O) groups excluding carboxylic acids is 2. The van der Waals surface area contributed by atoms with Crippen molar-refractivity contribution >= 4 is 35.4 Å². The first-order valence-corrected chi connectivity index (χ1v) is 6.90. The van der Waals surface area contributed by atoms with Crippen LogP contribution >= 0.6 is 23.2 Å². The molecule has 0 aromatic heterocycles. The molecule has 2 N–H and O–H groups in total. The first-order valence-electron chi connectivity index (χ1n) is 6.14. The van der Waals surface area contributed by atoms with E-state index in [0.29, 0.717) is 5.02 Å². The van der Waals surface area contributed by atoms with E-state index < -0.39 is 0 Å². The van der Waals surface area contributed by atoms with Gasteiger partial charge < -0.3 is 0 Å². The quantitative estimate of drug-likeness (QED) is 0.635. The summed E-state index contributed by atoms with van der Waals surface area (Å²) < 4.78 is 0. The number of aryl methyl sites for hydroxylation is 2. The van der Waals surface area contributed by atoms with Gasteiger partial charge in [-0.1, -0.05) is 59.6 Å². The van der Waals surface area contributed by atoms with Gasteiger partial charge in [-0.25, -0.2) is 20.4 Å². The van der Waals surface area contributed by atoms with E-state index in [1.54, 1.807) is 6.07 Å². The normalized spacial score (nSPS) is 8.27. The number of hydrogen-bond acceptors (Lipinski definition) is 4. The highest BCUT2D eigenvalue weighted by molar-refractivity contribution is 6.35. The lowest BCUT2D eigenvalue weighted by Gasteiger charge is -2.04. The first-order chi connectivity index (χ1) is 10.6. The molecule has 0 heterocycles. The molecular weight excluding hydrogens is 323 g/mol. The third-order valence-electron chi connectivity index (χ3n) is 2.54. The standard InChI is InChI=1S/C14H12Cl2.2CHNO/c15-13-9-8-12(14(16)10-13)7-6-11-4-2-1-3-5-11;2*2-1-3/h1-5,8-10H,6-7H2;2*2H. The summed E-state index contributed by atoms with van der Waals surface area (Å²) in [6.45, 7) is 0. The molecule has 114 valence electrons. The Hall–Kier alpha value is -2.22. The fraction of sp³-hybridized carbons (Fsp3) is 0.125. The van der Waals surface area contributed by atoms with Gasteiger partial charge in [0.2, 0.25) is 12.2 Å². The van der Waals surface area contributed by atoms with E-state index in [4.69, 9.17) is 43.6 Å². The van der Waals surface area contributed by atoms with Gasteiger partial charge in [0.15, 0.2) is 0 Å². The monoisotopic (exact) mass is 336 g/mol. The maximum atomic E-state index is 8.35. The zero-order valence-electron chi connectivity index (χ0n) is 11.6. The Kier molecular flexibility index (Phi) is 11.3. The van der Waals surface area contributed by atoms with Crippen LogP contribution in [0.15, 0.2) is 48.5 Å². The molecule has 0 spiro atoms. The summed E-state index contributed by atoms with van der Waals surface area (Å²) in [5.74, 6) is 0. The molecule has 2 aromatic carbocycles. The number of hydrogen-bond donors (Lipinski definition) is 2. The highest BCUT2D eigenvalue weighted by atomic mass is 35.5. The summed E-state index contributed by atoms with van der Waals surface area (Å²) in [6, 6.07) is 16.1. The zero-order valence-corrected chi connectivity index (χ0v) is 13.1. The van der Waals surface area contributed by atoms with Crippen LogP contribution in [0.4, 0.5) is 0 Å². The topological polar surface area (TPSA) is 81.8 Å². The second-order valence-corrected chi connectivity index (χ2v) is 4.77. The Morgan fingerprint density at radius 1 is 0.864 bits per heavy atom. The third-order valence-corrected chi connectivity index (χ3v) is 3.13. The van der Waals surface area contributed by atoms with Crippen LogP contribution in [0.3, 0.4) is 0 Å². The molecule has 2 rings (SSSR count). The molecular formula is C16H14Cl2N2O2. The van der Waals surface area contributed by atoms with E-state index in [1.165, 1.54) is 5.56 Å². The fourth-order valence-corrected chi connectivity index (χ4v) is 2.15. The number of nitrogens with one attached hydrogen (secondary N) is 2. The number of benzene rings is 2. The average Bonchev–Trinajstić information content (AvgIpc) is 2.49. The summed E-state index contributed by atoms with van der Waals surface area (Å²) in [4.78, 5) is 16.7. The minimum atomic E-state index is 0.688. The van der Waals surface area contributed by atoms with E-state index in [0.717, 1.165) is 35.6 Å². The average molecular weight is 337 g/mol. The van der Waals surface area contributed by atoms with Crippen molar-refractivity contribution in [3.63, 3.8) is 0 Å². The minimum Gasteiger partial charge on any atom is -0.222 e. The zero-order chi connectivity index (χ0) is 16.8. The highest BCUT2D eigenvalue weighted by Crippen LogP contribution is 2.22. The first kappa shape index (κ1) is 19.8. The van der Waals surface area contributed by atoms with Gasteiger partial charge in [-0.2, -0.15) is 0 Å². The van der Waals surface area contributed by atoms with Crippen LogP contribution in [0.5, 0.6) is 0 Å². The SMILES string of the molecule is Clc1ccc(CCc2ccccc2)c(Cl)c1.N=C=O.N=C=O. The van der Waals surface area contributed by atoms with Gasteiger partial charge in [0.25, 0.3) is 0 Å². The van der Waals surface area contributed by atoms with Crippen LogP contribution in [-0.4, -0.2) is 12.2 Å². The van der Waals surface area contributed by atoms with E-state index >= 15 is 0 Å². The van der Waals surface area contributed by atoms with Crippen molar-refractivity contribution < 1.29 is 9.59 Å². The Morgan fingerprint density at radius 3 is 1.91 bits per heavy atom. The van der Waals surface area contributed by atoms with Crippen LogP contribution in [0.2, 0.25) is 10.0 Å². The highest BCUT2D eigenvalue weighted by Gasteiger charge is 2.01. The molecule has 0 aliphatic heterocycles. The Balaban J connectivity index is 0.000000639. The lowest BCUT2D eigenvalue weighted by atomic mass is 10.0. The van der Waals surface area contributed by atoms with Gasteiger partial charge in [0.1, 0.15) is 0 Å². The Morgan fingerprint density at radius 2 is 1.41 bits per heavy atom. The van der Waals surface area contributed by atoms with Crippen LogP contribution in [0, 0.1) is 10.8 Å². The molecule has 2 aromatic rings. The largest absolute Gasteiger partial charge is 0.231 e. The van der Waals surface area contributed by atoms with Crippen molar-refractivity contribution in [2.45, 2.75) is 12.8 Å². The maximum absolute atomic E-state index is 8.35. The van der Waals surface area contributed by atoms with Crippen molar-refractivity contribution in [3.8, 4) is 0 Å². The van der Waals surface area contributed by atoms with E-state index in [2.05, 4.69) is 24.3 Å². The predicted molar refractivity (Wildman–Crippen MR) is 87.1 cm³/mol. The van der Waals surface area contributed by atoms with Gasteiger partial charge in [0.05, 0.1) is 0 Å². The second-order valence-electron chi connectivity index (χ2n) is 3.93. The predicted octanol–water partition coefficient (Wildman–Crippen LogP) is 4.58. The van der Waals surface area contributed by atoms with Crippen LogP contribution in [-0.2, 0) is 22.4 Å². The smallest absolute Gasteiger partial charge is 0.222 e. The minimum absolute atomic E-state index is 0.688. The van der Waals surface area contributed by atoms with Crippen molar-refractivity contribution in [1.29, 1.82) is 10.8 Å². The molecule has 0 atom stereocenters. The molecule has 0 aliphatic carbocycles. The molecule has 0 aliphatic rings. The van der Waals surface area contributed by atoms with Crippen LogP contribution in [0.25, 0.3) is 0 Å². The molecule has 0 unspecified atom stereocenters. The Labute approximate surface area is 138 Å². The molecule has 6 heteroatoms. The third kappa shape index (κ3) is 8.85. The van der Waals surface area contributed by atoms with Gasteiger partial charge in [0, 0.05) is 10.0 Å². The molecule has 22 heavy (non-hydrogen) atoms. The van der Waals surface area contributed by atoms with Gasteiger partial charge in [-0.15, -0.1) is 0 Å². The molecule has 0 amide bonds. The lowest BCUT2D eigenvalue weighted by molar-refractivity contribution is 0.562. The van der Waals surface area contributed by atoms with Crippen LogP contribution in [0.1, 0.15) is 11.1 Å². The summed E-state index contributed by atoms with van der Waals surface area (Å²) in [5, 5.41) is 12.2. The second kappa shape index (κ2) is 12.5. The molecule has 0 bridgehead atoms. The summed E-state index contributed by atoms with van der Waals surface area (Å²) in [5.41, 5.74) is 2.48. The molecule has 0 saturated carbocycles.